The Morgan fingerprint density at radius 2 is 2.11 bits per heavy atom. The van der Waals surface area contributed by atoms with Gasteiger partial charge in [-0.15, -0.1) is 0 Å². The lowest BCUT2D eigenvalue weighted by atomic mass is 9.70. The summed E-state index contributed by atoms with van der Waals surface area (Å²) in [5.41, 5.74) is 1.87. The van der Waals surface area contributed by atoms with Gasteiger partial charge in [0.1, 0.15) is 11.5 Å². The summed E-state index contributed by atoms with van der Waals surface area (Å²) in [6.07, 6.45) is 5.41. The number of furan rings is 1. The first-order chi connectivity index (χ1) is 8.93. The van der Waals surface area contributed by atoms with Crippen LogP contribution in [-0.4, -0.2) is 11.9 Å². The third-order valence-corrected chi connectivity index (χ3v) is 5.64. The highest BCUT2D eigenvalue weighted by atomic mass is 16.3. The summed E-state index contributed by atoms with van der Waals surface area (Å²) in [6.45, 7) is 9.05. The zero-order chi connectivity index (χ0) is 13.7. The molecule has 1 aromatic heterocycles. The van der Waals surface area contributed by atoms with E-state index in [0.717, 1.165) is 23.9 Å². The predicted octanol–water partition coefficient (Wildman–Crippen LogP) is 4.21. The molecule has 2 aliphatic carbocycles. The average Bonchev–Trinajstić information content (AvgIpc) is 2.90. The van der Waals surface area contributed by atoms with Crippen molar-refractivity contribution < 1.29 is 4.42 Å². The van der Waals surface area contributed by atoms with E-state index in [9.17, 15) is 0 Å². The normalized spacial score (nSPS) is 34.7. The first-order valence-corrected chi connectivity index (χ1v) is 7.10. The Morgan fingerprint density at radius 3 is 2.63 bits per heavy atom. The molecular formula is C16H22N2O. The standard InChI is InChI=1S/C16H22N2O/c1-11-5-6-13(19-11)10-17-18-14-9-12-7-8-16(14,4)15(12,2)3/h5-6,10,12H,7-9H2,1-4H3/b17-10-,18-14-/t12-,16-/m0/s1. The number of hydrogen-bond donors (Lipinski definition) is 0. The lowest BCUT2D eigenvalue weighted by Crippen LogP contribution is -2.32. The van der Waals surface area contributed by atoms with Crippen LogP contribution in [0.4, 0.5) is 0 Å². The van der Waals surface area contributed by atoms with Crippen LogP contribution in [0.15, 0.2) is 26.8 Å². The first kappa shape index (κ1) is 12.6. The molecule has 0 unspecified atom stereocenters. The highest BCUT2D eigenvalue weighted by Crippen LogP contribution is 2.63. The van der Waals surface area contributed by atoms with Crippen LogP contribution in [-0.2, 0) is 0 Å². The minimum atomic E-state index is 0.230. The number of rotatable bonds is 2. The molecule has 0 aromatic carbocycles. The van der Waals surface area contributed by atoms with Crippen molar-refractivity contribution in [1.29, 1.82) is 0 Å². The maximum absolute atomic E-state index is 5.46. The van der Waals surface area contributed by atoms with E-state index in [4.69, 9.17) is 4.42 Å². The van der Waals surface area contributed by atoms with Gasteiger partial charge in [0.2, 0.25) is 0 Å². The molecule has 0 amide bonds. The second-order valence-corrected chi connectivity index (χ2v) is 6.73. The summed E-state index contributed by atoms with van der Waals surface area (Å²) in [6, 6.07) is 3.86. The molecule has 2 bridgehead atoms. The first-order valence-electron chi connectivity index (χ1n) is 7.10. The molecule has 1 aromatic rings. The van der Waals surface area contributed by atoms with Gasteiger partial charge in [0, 0.05) is 11.1 Å². The van der Waals surface area contributed by atoms with Crippen molar-refractivity contribution in [2.45, 2.75) is 47.0 Å². The van der Waals surface area contributed by atoms with E-state index in [0.29, 0.717) is 5.41 Å². The molecule has 0 spiro atoms. The highest BCUT2D eigenvalue weighted by Gasteiger charge is 2.59. The Bertz CT molecular complexity index is 553. The topological polar surface area (TPSA) is 37.9 Å². The quantitative estimate of drug-likeness (QED) is 0.578. The van der Waals surface area contributed by atoms with E-state index >= 15 is 0 Å². The second kappa shape index (κ2) is 4.06. The predicted molar refractivity (Wildman–Crippen MR) is 77.7 cm³/mol. The third-order valence-electron chi connectivity index (χ3n) is 5.64. The van der Waals surface area contributed by atoms with Gasteiger partial charge in [0.05, 0.1) is 6.21 Å². The van der Waals surface area contributed by atoms with Crippen molar-refractivity contribution in [1.82, 2.24) is 0 Å². The largest absolute Gasteiger partial charge is 0.460 e. The lowest BCUT2D eigenvalue weighted by molar-refractivity contribution is 0.194. The maximum Gasteiger partial charge on any atom is 0.147 e. The molecule has 1 heterocycles. The van der Waals surface area contributed by atoms with E-state index in [1.54, 1.807) is 6.21 Å². The molecule has 3 rings (SSSR count). The van der Waals surface area contributed by atoms with Crippen LogP contribution in [0.3, 0.4) is 0 Å². The summed E-state index contributed by atoms with van der Waals surface area (Å²) >= 11 is 0. The summed E-state index contributed by atoms with van der Waals surface area (Å²) in [4.78, 5) is 0. The zero-order valence-electron chi connectivity index (χ0n) is 12.2. The Balaban J connectivity index is 1.81. The van der Waals surface area contributed by atoms with Gasteiger partial charge in [-0.2, -0.15) is 10.2 Å². The van der Waals surface area contributed by atoms with E-state index in [1.807, 2.05) is 19.1 Å². The Hall–Kier alpha value is -1.38. The van der Waals surface area contributed by atoms with Crippen LogP contribution in [0.2, 0.25) is 0 Å². The van der Waals surface area contributed by atoms with Crippen molar-refractivity contribution in [3.63, 3.8) is 0 Å². The number of fused-ring (bicyclic) bond motifs is 2. The van der Waals surface area contributed by atoms with Crippen molar-refractivity contribution in [3.05, 3.63) is 23.7 Å². The molecule has 0 radical (unpaired) electrons. The number of nitrogens with zero attached hydrogens (tertiary/aromatic N) is 2. The van der Waals surface area contributed by atoms with Gasteiger partial charge in [-0.05, 0) is 49.7 Å². The average molecular weight is 258 g/mol. The molecule has 2 aliphatic rings. The summed E-state index contributed by atoms with van der Waals surface area (Å²) in [7, 11) is 0. The fourth-order valence-electron chi connectivity index (χ4n) is 3.76. The van der Waals surface area contributed by atoms with E-state index in [1.165, 1.54) is 18.6 Å². The van der Waals surface area contributed by atoms with Crippen molar-refractivity contribution >= 4 is 11.9 Å². The summed E-state index contributed by atoms with van der Waals surface area (Å²) in [5.74, 6) is 2.45. The van der Waals surface area contributed by atoms with Gasteiger partial charge in [-0.25, -0.2) is 0 Å². The molecule has 102 valence electrons. The van der Waals surface area contributed by atoms with Crippen LogP contribution >= 0.6 is 0 Å². The van der Waals surface area contributed by atoms with Gasteiger partial charge < -0.3 is 4.42 Å². The molecular weight excluding hydrogens is 236 g/mol. The molecule has 0 N–H and O–H groups in total. The van der Waals surface area contributed by atoms with E-state index in [-0.39, 0.29) is 5.41 Å². The summed E-state index contributed by atoms with van der Waals surface area (Å²) in [5, 5.41) is 8.74. The molecule has 2 fully saturated rings. The monoisotopic (exact) mass is 258 g/mol. The van der Waals surface area contributed by atoms with Crippen LogP contribution < -0.4 is 0 Å². The van der Waals surface area contributed by atoms with E-state index in [2.05, 4.69) is 31.0 Å². The Labute approximate surface area is 114 Å². The Morgan fingerprint density at radius 1 is 1.32 bits per heavy atom. The van der Waals surface area contributed by atoms with Gasteiger partial charge in [0.15, 0.2) is 0 Å². The lowest BCUT2D eigenvalue weighted by Gasteiger charge is -2.34. The third kappa shape index (κ3) is 1.78. The maximum atomic E-state index is 5.46. The van der Waals surface area contributed by atoms with Crippen LogP contribution in [0.25, 0.3) is 0 Å². The second-order valence-electron chi connectivity index (χ2n) is 6.73. The van der Waals surface area contributed by atoms with Crippen LogP contribution in [0.5, 0.6) is 0 Å². The number of aryl methyl sites for hydroxylation is 1. The molecule has 19 heavy (non-hydrogen) atoms. The molecule has 2 saturated carbocycles. The van der Waals surface area contributed by atoms with Crippen molar-refractivity contribution in [2.24, 2.45) is 27.0 Å². The van der Waals surface area contributed by atoms with Crippen LogP contribution in [0, 0.1) is 23.7 Å². The molecule has 3 heteroatoms. The fourth-order valence-corrected chi connectivity index (χ4v) is 3.76. The Kier molecular flexibility index (Phi) is 2.70. The highest BCUT2D eigenvalue weighted by molar-refractivity contribution is 5.94. The van der Waals surface area contributed by atoms with Gasteiger partial charge in [0.25, 0.3) is 0 Å². The van der Waals surface area contributed by atoms with Gasteiger partial charge in [-0.3, -0.25) is 0 Å². The minimum Gasteiger partial charge on any atom is -0.460 e. The van der Waals surface area contributed by atoms with Gasteiger partial charge >= 0.3 is 0 Å². The smallest absolute Gasteiger partial charge is 0.147 e. The molecule has 2 atom stereocenters. The van der Waals surface area contributed by atoms with Crippen molar-refractivity contribution in [2.75, 3.05) is 0 Å². The molecule has 0 aliphatic heterocycles. The summed E-state index contributed by atoms with van der Waals surface area (Å²) < 4.78 is 5.46. The van der Waals surface area contributed by atoms with Crippen LogP contribution in [0.1, 0.15) is 51.6 Å². The number of hydrogen-bond acceptors (Lipinski definition) is 3. The fraction of sp³-hybridized carbons (Fsp3) is 0.625. The SMILES string of the molecule is Cc1ccc(/C=N\N=C2\C[C@@H]3CC[C@]2(C)C3(C)C)o1. The van der Waals surface area contributed by atoms with E-state index < -0.39 is 0 Å². The molecule has 3 nitrogen and oxygen atoms in total. The van der Waals surface area contributed by atoms with Gasteiger partial charge in [-0.1, -0.05) is 20.8 Å². The zero-order valence-corrected chi connectivity index (χ0v) is 12.2. The minimum absolute atomic E-state index is 0.230. The molecule has 0 saturated heterocycles. The van der Waals surface area contributed by atoms with Crippen molar-refractivity contribution in [3.8, 4) is 0 Å².